The van der Waals surface area contributed by atoms with Gasteiger partial charge in [-0.1, -0.05) is 44.2 Å². The molecule has 2 atom stereocenters. The molecule has 0 saturated carbocycles. The van der Waals surface area contributed by atoms with E-state index in [-0.39, 0.29) is 11.9 Å². The number of benzene rings is 1. The zero-order valence-corrected chi connectivity index (χ0v) is 10.3. The van der Waals surface area contributed by atoms with Crippen molar-refractivity contribution >= 4 is 5.97 Å². The van der Waals surface area contributed by atoms with Crippen LogP contribution in [0.15, 0.2) is 30.3 Å². The number of rotatable bonds is 5. The van der Waals surface area contributed by atoms with Crippen LogP contribution < -0.4 is 0 Å². The lowest BCUT2D eigenvalue weighted by Crippen LogP contribution is -2.16. The lowest BCUT2D eigenvalue weighted by Gasteiger charge is -2.16. The molecule has 0 N–H and O–H groups in total. The van der Waals surface area contributed by atoms with Gasteiger partial charge in [-0.2, -0.15) is 0 Å². The van der Waals surface area contributed by atoms with E-state index in [0.29, 0.717) is 12.5 Å². The fraction of sp³-hybridized carbons (Fsp3) is 0.500. The minimum atomic E-state index is -0.0923. The highest BCUT2D eigenvalue weighted by molar-refractivity contribution is 5.72. The van der Waals surface area contributed by atoms with Gasteiger partial charge in [-0.15, -0.1) is 0 Å². The van der Waals surface area contributed by atoms with Crippen LogP contribution in [-0.4, -0.2) is 12.6 Å². The summed E-state index contributed by atoms with van der Waals surface area (Å²) in [7, 11) is 0. The van der Waals surface area contributed by atoms with Gasteiger partial charge in [-0.05, 0) is 24.8 Å². The number of ether oxygens (including phenoxy) is 1. The highest BCUT2D eigenvalue weighted by Gasteiger charge is 2.17. The maximum absolute atomic E-state index is 11.5. The predicted octanol–water partition coefficient (Wildman–Crippen LogP) is 3.38. The van der Waals surface area contributed by atoms with Gasteiger partial charge in [-0.25, -0.2) is 0 Å². The molecular formula is C14H20O2. The molecule has 0 saturated heterocycles. The van der Waals surface area contributed by atoms with Crippen LogP contribution in [0, 0.1) is 5.92 Å². The number of carbonyl (C=O) groups is 1. The minimum Gasteiger partial charge on any atom is -0.466 e. The Morgan fingerprint density at radius 2 is 1.88 bits per heavy atom. The van der Waals surface area contributed by atoms with Crippen LogP contribution in [-0.2, 0) is 9.53 Å². The zero-order valence-electron chi connectivity index (χ0n) is 10.3. The Bertz CT molecular complexity index is 319. The first-order valence-electron chi connectivity index (χ1n) is 5.86. The molecule has 0 radical (unpaired) electrons. The molecule has 2 unspecified atom stereocenters. The molecule has 0 spiro atoms. The summed E-state index contributed by atoms with van der Waals surface area (Å²) in [5.41, 5.74) is 1.28. The summed E-state index contributed by atoms with van der Waals surface area (Å²) in [5, 5.41) is 0. The quantitative estimate of drug-likeness (QED) is 0.711. The average Bonchev–Trinajstić information content (AvgIpc) is 2.30. The van der Waals surface area contributed by atoms with Gasteiger partial charge in [0.05, 0.1) is 12.5 Å². The molecule has 0 aliphatic carbocycles. The first-order valence-corrected chi connectivity index (χ1v) is 5.86. The van der Waals surface area contributed by atoms with E-state index in [1.165, 1.54) is 5.56 Å². The fourth-order valence-corrected chi connectivity index (χ4v) is 1.83. The normalized spacial score (nSPS) is 14.2. The Hall–Kier alpha value is -1.31. The van der Waals surface area contributed by atoms with Crippen LogP contribution in [0.3, 0.4) is 0 Å². The van der Waals surface area contributed by atoms with Crippen LogP contribution in [0.25, 0.3) is 0 Å². The van der Waals surface area contributed by atoms with Crippen molar-refractivity contribution in [3.8, 4) is 0 Å². The predicted molar refractivity (Wildman–Crippen MR) is 65.3 cm³/mol. The summed E-state index contributed by atoms with van der Waals surface area (Å²) in [6.45, 7) is 6.37. The van der Waals surface area contributed by atoms with Crippen molar-refractivity contribution in [2.45, 2.75) is 33.1 Å². The Labute approximate surface area is 97.6 Å². The highest BCUT2D eigenvalue weighted by atomic mass is 16.5. The highest BCUT2D eigenvalue weighted by Crippen LogP contribution is 2.23. The third-order valence-electron chi connectivity index (χ3n) is 2.76. The van der Waals surface area contributed by atoms with Crippen LogP contribution in [0.5, 0.6) is 0 Å². The Kier molecular flexibility index (Phi) is 5.03. The lowest BCUT2D eigenvalue weighted by atomic mass is 9.91. The number of hydrogen-bond donors (Lipinski definition) is 0. The summed E-state index contributed by atoms with van der Waals surface area (Å²) in [4.78, 5) is 11.5. The first-order chi connectivity index (χ1) is 7.65. The van der Waals surface area contributed by atoms with E-state index >= 15 is 0 Å². The summed E-state index contributed by atoms with van der Waals surface area (Å²) in [6, 6.07) is 10.3. The lowest BCUT2D eigenvalue weighted by molar-refractivity contribution is -0.147. The second-order valence-electron chi connectivity index (χ2n) is 4.20. The smallest absolute Gasteiger partial charge is 0.308 e. The molecular weight excluding hydrogens is 200 g/mol. The maximum atomic E-state index is 11.5. The summed E-state index contributed by atoms with van der Waals surface area (Å²) >= 11 is 0. The SMILES string of the molecule is CCOC(=O)C(C)CC(C)c1ccccc1. The van der Waals surface area contributed by atoms with Gasteiger partial charge in [0, 0.05) is 0 Å². The van der Waals surface area contributed by atoms with E-state index in [1.54, 1.807) is 0 Å². The largest absolute Gasteiger partial charge is 0.466 e. The van der Waals surface area contributed by atoms with Crippen LogP contribution in [0.4, 0.5) is 0 Å². The van der Waals surface area contributed by atoms with E-state index < -0.39 is 0 Å². The van der Waals surface area contributed by atoms with Crippen molar-refractivity contribution < 1.29 is 9.53 Å². The van der Waals surface area contributed by atoms with E-state index in [4.69, 9.17) is 4.74 Å². The maximum Gasteiger partial charge on any atom is 0.308 e. The molecule has 0 aliphatic heterocycles. The Morgan fingerprint density at radius 3 is 2.44 bits per heavy atom. The molecule has 2 nitrogen and oxygen atoms in total. The summed E-state index contributed by atoms with van der Waals surface area (Å²) in [5.74, 6) is 0.265. The Balaban J connectivity index is 2.51. The molecule has 0 amide bonds. The molecule has 2 heteroatoms. The van der Waals surface area contributed by atoms with Crippen molar-refractivity contribution in [2.75, 3.05) is 6.61 Å². The van der Waals surface area contributed by atoms with Gasteiger partial charge in [0.1, 0.15) is 0 Å². The van der Waals surface area contributed by atoms with Crippen molar-refractivity contribution in [1.82, 2.24) is 0 Å². The zero-order chi connectivity index (χ0) is 12.0. The standard InChI is InChI=1S/C14H20O2/c1-4-16-14(15)12(3)10-11(2)13-8-6-5-7-9-13/h5-9,11-12H,4,10H2,1-3H3. The molecule has 0 aliphatic rings. The van der Waals surface area contributed by atoms with Gasteiger partial charge >= 0.3 is 5.97 Å². The third-order valence-corrected chi connectivity index (χ3v) is 2.76. The van der Waals surface area contributed by atoms with E-state index in [0.717, 1.165) is 6.42 Å². The molecule has 1 aromatic carbocycles. The molecule has 16 heavy (non-hydrogen) atoms. The van der Waals surface area contributed by atoms with Crippen LogP contribution in [0.1, 0.15) is 38.7 Å². The van der Waals surface area contributed by atoms with Gasteiger partial charge in [0.2, 0.25) is 0 Å². The number of hydrogen-bond acceptors (Lipinski definition) is 2. The number of carbonyl (C=O) groups excluding carboxylic acids is 1. The van der Waals surface area contributed by atoms with Gasteiger partial charge in [0.15, 0.2) is 0 Å². The molecule has 0 aromatic heterocycles. The van der Waals surface area contributed by atoms with Gasteiger partial charge < -0.3 is 4.74 Å². The van der Waals surface area contributed by atoms with Crippen LogP contribution in [0.2, 0.25) is 0 Å². The third kappa shape index (κ3) is 3.69. The van der Waals surface area contributed by atoms with E-state index in [2.05, 4.69) is 19.1 Å². The second kappa shape index (κ2) is 6.31. The van der Waals surface area contributed by atoms with Crippen molar-refractivity contribution in [2.24, 2.45) is 5.92 Å². The minimum absolute atomic E-state index is 0.0323. The van der Waals surface area contributed by atoms with E-state index in [9.17, 15) is 4.79 Å². The fourth-order valence-electron chi connectivity index (χ4n) is 1.83. The summed E-state index contributed by atoms with van der Waals surface area (Å²) < 4.78 is 5.00. The molecule has 1 rings (SSSR count). The topological polar surface area (TPSA) is 26.3 Å². The molecule has 1 aromatic rings. The van der Waals surface area contributed by atoms with Gasteiger partial charge in [-0.3, -0.25) is 4.79 Å². The van der Waals surface area contributed by atoms with Crippen LogP contribution >= 0.6 is 0 Å². The number of esters is 1. The molecule has 88 valence electrons. The first kappa shape index (κ1) is 12.8. The van der Waals surface area contributed by atoms with Crippen molar-refractivity contribution in [3.63, 3.8) is 0 Å². The van der Waals surface area contributed by atoms with Crippen molar-refractivity contribution in [1.29, 1.82) is 0 Å². The molecule has 0 heterocycles. The Morgan fingerprint density at radius 1 is 1.25 bits per heavy atom. The monoisotopic (exact) mass is 220 g/mol. The van der Waals surface area contributed by atoms with E-state index in [1.807, 2.05) is 32.0 Å². The van der Waals surface area contributed by atoms with Crippen molar-refractivity contribution in [3.05, 3.63) is 35.9 Å². The molecule has 0 fully saturated rings. The summed E-state index contributed by atoms with van der Waals surface area (Å²) in [6.07, 6.45) is 0.836. The van der Waals surface area contributed by atoms with Gasteiger partial charge in [0.25, 0.3) is 0 Å². The average molecular weight is 220 g/mol. The molecule has 0 bridgehead atoms. The second-order valence-corrected chi connectivity index (χ2v) is 4.20.